The number of hydrogen-bond acceptors (Lipinski definition) is 6. The molecule has 0 atom stereocenters. The van der Waals surface area contributed by atoms with Crippen LogP contribution in [0.25, 0.3) is 16.6 Å². The number of halogens is 1. The number of nitrogens with one attached hydrogen (secondary N) is 2. The van der Waals surface area contributed by atoms with Crippen molar-refractivity contribution >= 4 is 28.9 Å². The van der Waals surface area contributed by atoms with Gasteiger partial charge in [-0.15, -0.1) is 5.10 Å². The summed E-state index contributed by atoms with van der Waals surface area (Å²) in [6.07, 6.45) is 0.872. The van der Waals surface area contributed by atoms with E-state index >= 15 is 0 Å². The van der Waals surface area contributed by atoms with Crippen molar-refractivity contribution in [2.24, 2.45) is 0 Å². The van der Waals surface area contributed by atoms with Gasteiger partial charge in [-0.05, 0) is 48.4 Å². The predicted octanol–water partition coefficient (Wildman–Crippen LogP) is 3.28. The molecule has 2 aromatic carbocycles. The zero-order valence-corrected chi connectivity index (χ0v) is 20.4. The zero-order chi connectivity index (χ0) is 25.8. The molecule has 3 heterocycles. The average Bonchev–Trinajstić information content (AvgIpc) is 3.19. The minimum Gasteiger partial charge on any atom is -0.456 e. The number of carbonyl (C=O) groups excluding carboxylic acids is 1. The molecule has 1 amide bonds. The smallest absolute Gasteiger partial charge is 0.349 e. The molecule has 5 rings (SSSR count). The monoisotopic (exact) mass is 504 g/mol. The van der Waals surface area contributed by atoms with Crippen molar-refractivity contribution < 1.29 is 9.53 Å². The molecule has 0 fully saturated rings. The number of aromatic amines is 2. The number of carbonyl (C=O) groups is 1. The van der Waals surface area contributed by atoms with Crippen LogP contribution in [0.15, 0.2) is 39.9 Å². The number of nitrogens with zero attached hydrogens (tertiary/aromatic N) is 4. The van der Waals surface area contributed by atoms with Crippen LogP contribution < -0.4 is 16.0 Å². The molecule has 0 spiro atoms. The molecule has 182 valence electrons. The first-order valence-electron chi connectivity index (χ1n) is 11.1. The molecular weight excluding hydrogens is 484 g/mol. The molecule has 2 N–H and O–H groups in total. The third kappa shape index (κ3) is 3.83. The lowest BCUT2D eigenvalue weighted by molar-refractivity contribution is -0.119. The van der Waals surface area contributed by atoms with Crippen molar-refractivity contribution in [2.45, 2.75) is 32.7 Å². The molecule has 0 bridgehead atoms. The van der Waals surface area contributed by atoms with Crippen molar-refractivity contribution in [3.63, 3.8) is 0 Å². The van der Waals surface area contributed by atoms with Crippen LogP contribution in [0.3, 0.4) is 0 Å². The highest BCUT2D eigenvalue weighted by Gasteiger charge is 2.34. The first-order valence-corrected chi connectivity index (χ1v) is 11.5. The minimum atomic E-state index is -0.856. The van der Waals surface area contributed by atoms with Gasteiger partial charge >= 0.3 is 5.69 Å². The summed E-state index contributed by atoms with van der Waals surface area (Å²) in [6, 6.07) is 10.5. The number of H-pyrrole nitrogens is 2. The van der Waals surface area contributed by atoms with Crippen LogP contribution in [0.2, 0.25) is 5.02 Å². The van der Waals surface area contributed by atoms with Crippen molar-refractivity contribution in [1.82, 2.24) is 24.6 Å². The number of benzene rings is 2. The number of aromatic nitrogens is 4. The average molecular weight is 505 g/mol. The molecule has 0 saturated heterocycles. The standard InChI is InChI=1S/C25H21ClN6O4/c1-13-6-14(32-24(35)29-23(34)19(9-27)30-32)7-17(26)22(13)36-15-4-5-18-16(8-15)21-20(28-18)10-31(12-33)11-25(21,2)3/h4-8,12,28H,10-11H2,1-3H3,(H,29,34,35). The van der Waals surface area contributed by atoms with Crippen molar-refractivity contribution in [3.8, 4) is 23.3 Å². The second-order valence-electron chi connectivity index (χ2n) is 9.39. The minimum absolute atomic E-state index is 0.224. The van der Waals surface area contributed by atoms with Crippen LogP contribution in [-0.2, 0) is 16.8 Å². The third-order valence-corrected chi connectivity index (χ3v) is 6.53. The summed E-state index contributed by atoms with van der Waals surface area (Å²) in [5.41, 5.74) is 1.66. The van der Waals surface area contributed by atoms with E-state index in [9.17, 15) is 14.4 Å². The lowest BCUT2D eigenvalue weighted by Gasteiger charge is -2.36. The van der Waals surface area contributed by atoms with Gasteiger partial charge in [0.25, 0.3) is 5.56 Å². The third-order valence-electron chi connectivity index (χ3n) is 6.25. The molecule has 0 radical (unpaired) electrons. The zero-order valence-electron chi connectivity index (χ0n) is 19.7. The predicted molar refractivity (Wildman–Crippen MR) is 133 cm³/mol. The van der Waals surface area contributed by atoms with Gasteiger partial charge < -0.3 is 14.6 Å². The number of ether oxygens (including phenoxy) is 1. The topological polar surface area (TPSA) is 137 Å². The van der Waals surface area contributed by atoms with Gasteiger partial charge in [-0.25, -0.2) is 4.79 Å². The van der Waals surface area contributed by atoms with Gasteiger partial charge in [0.15, 0.2) is 0 Å². The highest BCUT2D eigenvalue weighted by atomic mass is 35.5. The molecule has 0 unspecified atom stereocenters. The molecule has 36 heavy (non-hydrogen) atoms. The van der Waals surface area contributed by atoms with E-state index in [2.05, 4.69) is 28.9 Å². The number of nitriles is 1. The second-order valence-corrected chi connectivity index (χ2v) is 9.79. The Hall–Kier alpha value is -4.36. The Morgan fingerprint density at radius 3 is 2.69 bits per heavy atom. The fourth-order valence-electron chi connectivity index (χ4n) is 4.83. The molecule has 2 aromatic heterocycles. The van der Waals surface area contributed by atoms with Gasteiger partial charge in [0.2, 0.25) is 12.1 Å². The van der Waals surface area contributed by atoms with Crippen LogP contribution in [0.5, 0.6) is 11.5 Å². The molecular formula is C25H21ClN6O4. The van der Waals surface area contributed by atoms with Gasteiger partial charge in [0.05, 0.1) is 17.3 Å². The highest BCUT2D eigenvalue weighted by Crippen LogP contribution is 2.41. The van der Waals surface area contributed by atoms with Crippen LogP contribution >= 0.6 is 11.6 Å². The van der Waals surface area contributed by atoms with Crippen molar-refractivity contribution in [1.29, 1.82) is 5.26 Å². The Balaban J connectivity index is 1.54. The summed E-state index contributed by atoms with van der Waals surface area (Å²) in [5.74, 6) is 0.968. The maximum absolute atomic E-state index is 12.3. The van der Waals surface area contributed by atoms with Crippen molar-refractivity contribution in [2.75, 3.05) is 6.54 Å². The lowest BCUT2D eigenvalue weighted by Crippen LogP contribution is -2.41. The van der Waals surface area contributed by atoms with Gasteiger partial charge in [-0.2, -0.15) is 9.94 Å². The van der Waals surface area contributed by atoms with Gasteiger partial charge in [0, 0.05) is 28.6 Å². The SMILES string of the molecule is Cc1cc(-n2nc(C#N)c(=O)[nH]c2=O)cc(Cl)c1Oc1ccc2[nH]c3c(c2c1)C(C)(C)CN(C=O)C3. The van der Waals surface area contributed by atoms with E-state index in [0.717, 1.165) is 33.3 Å². The van der Waals surface area contributed by atoms with E-state index in [4.69, 9.17) is 21.6 Å². The molecule has 4 aromatic rings. The fourth-order valence-corrected chi connectivity index (χ4v) is 5.13. The molecule has 10 nitrogen and oxygen atoms in total. The van der Waals surface area contributed by atoms with E-state index < -0.39 is 16.9 Å². The van der Waals surface area contributed by atoms with Crippen LogP contribution in [-0.4, -0.2) is 37.6 Å². The van der Waals surface area contributed by atoms with E-state index in [1.165, 1.54) is 6.07 Å². The maximum Gasteiger partial charge on any atom is 0.349 e. The molecule has 11 heteroatoms. The van der Waals surface area contributed by atoms with Gasteiger partial charge in [0.1, 0.15) is 17.6 Å². The van der Waals surface area contributed by atoms with E-state index in [-0.39, 0.29) is 16.1 Å². The first kappa shape index (κ1) is 23.4. The number of aryl methyl sites for hydroxylation is 1. The number of hydrogen-bond donors (Lipinski definition) is 2. The second kappa shape index (κ2) is 8.39. The van der Waals surface area contributed by atoms with Gasteiger partial charge in [-0.3, -0.25) is 14.6 Å². The summed E-state index contributed by atoms with van der Waals surface area (Å²) < 4.78 is 7.08. The molecule has 0 aliphatic carbocycles. The highest BCUT2D eigenvalue weighted by molar-refractivity contribution is 6.32. The largest absolute Gasteiger partial charge is 0.456 e. The van der Waals surface area contributed by atoms with Crippen LogP contribution in [0.4, 0.5) is 0 Å². The molecule has 1 aliphatic heterocycles. The summed E-state index contributed by atoms with van der Waals surface area (Å²) in [5, 5.41) is 14.1. The van der Waals surface area contributed by atoms with Crippen molar-refractivity contribution in [3.05, 3.63) is 78.7 Å². The Bertz CT molecular complexity index is 1690. The first-order chi connectivity index (χ1) is 17.1. The lowest BCUT2D eigenvalue weighted by atomic mass is 9.80. The fraction of sp³-hybridized carbons (Fsp3) is 0.240. The van der Waals surface area contributed by atoms with Crippen LogP contribution in [0.1, 0.15) is 36.4 Å². The normalized spacial score (nSPS) is 14.4. The summed E-state index contributed by atoms with van der Waals surface area (Å²) in [6.45, 7) is 7.10. The quantitative estimate of drug-likeness (QED) is 0.409. The van der Waals surface area contributed by atoms with E-state index in [1.807, 2.05) is 18.2 Å². The molecule has 0 saturated carbocycles. The van der Waals surface area contributed by atoms with E-state index in [1.54, 1.807) is 24.0 Å². The Labute approximate surface area is 209 Å². The number of rotatable bonds is 4. The summed E-state index contributed by atoms with van der Waals surface area (Å²) >= 11 is 6.53. The summed E-state index contributed by atoms with van der Waals surface area (Å²) in [7, 11) is 0. The van der Waals surface area contributed by atoms with Crippen LogP contribution in [0, 0.1) is 18.3 Å². The van der Waals surface area contributed by atoms with E-state index in [0.29, 0.717) is 30.2 Å². The summed E-state index contributed by atoms with van der Waals surface area (Å²) in [4.78, 5) is 42.6. The van der Waals surface area contributed by atoms with Gasteiger partial charge in [-0.1, -0.05) is 25.4 Å². The number of fused-ring (bicyclic) bond motifs is 3. The maximum atomic E-state index is 12.3. The number of amides is 1. The molecule has 1 aliphatic rings. The Morgan fingerprint density at radius 2 is 2.00 bits per heavy atom. The Kier molecular flexibility index (Phi) is 5.45. The Morgan fingerprint density at radius 1 is 1.22 bits per heavy atom.